The first kappa shape index (κ1) is 19.1. The van der Waals surface area contributed by atoms with Crippen LogP contribution in [0.5, 0.6) is 0 Å². The summed E-state index contributed by atoms with van der Waals surface area (Å²) in [4.78, 5) is 16.2. The summed E-state index contributed by atoms with van der Waals surface area (Å²) in [6.45, 7) is 4.26. The van der Waals surface area contributed by atoms with Crippen LogP contribution >= 0.6 is 11.3 Å². The standard InChI is InChI=1S/C19H24N2O3S2/c1-14(2)20(3)26(23,24)18-10-6-15(7-11-18)19(22)21(16-8-9-16)13-17-5-4-12-25-17/h4-7,10-12,14,16H,8-9,13H2,1-3H3. The van der Waals surface area contributed by atoms with E-state index in [1.165, 1.54) is 16.4 Å². The highest BCUT2D eigenvalue weighted by atomic mass is 32.2. The first-order valence-electron chi connectivity index (χ1n) is 8.72. The monoisotopic (exact) mass is 392 g/mol. The number of carbonyl (C=O) groups is 1. The maximum absolute atomic E-state index is 12.9. The van der Waals surface area contributed by atoms with Gasteiger partial charge >= 0.3 is 0 Å². The lowest BCUT2D eigenvalue weighted by Crippen LogP contribution is -2.33. The van der Waals surface area contributed by atoms with Crippen molar-refractivity contribution < 1.29 is 13.2 Å². The molecule has 0 saturated heterocycles. The largest absolute Gasteiger partial charge is 0.331 e. The summed E-state index contributed by atoms with van der Waals surface area (Å²) in [5.41, 5.74) is 0.527. The van der Waals surface area contributed by atoms with Crippen LogP contribution in [-0.2, 0) is 16.6 Å². The summed E-state index contributed by atoms with van der Waals surface area (Å²) in [6.07, 6.45) is 2.06. The molecule has 1 heterocycles. The number of hydrogen-bond donors (Lipinski definition) is 0. The highest BCUT2D eigenvalue weighted by Crippen LogP contribution is 2.31. The zero-order valence-electron chi connectivity index (χ0n) is 15.3. The maximum atomic E-state index is 12.9. The lowest BCUT2D eigenvalue weighted by molar-refractivity contribution is 0.0731. The molecule has 26 heavy (non-hydrogen) atoms. The van der Waals surface area contributed by atoms with Gasteiger partial charge in [-0.1, -0.05) is 6.07 Å². The van der Waals surface area contributed by atoms with Crippen molar-refractivity contribution in [2.75, 3.05) is 7.05 Å². The van der Waals surface area contributed by atoms with Gasteiger partial charge in [-0.25, -0.2) is 8.42 Å². The van der Waals surface area contributed by atoms with Crippen molar-refractivity contribution in [1.29, 1.82) is 0 Å². The molecule has 0 spiro atoms. The number of sulfonamides is 1. The van der Waals surface area contributed by atoms with Crippen molar-refractivity contribution >= 4 is 27.3 Å². The molecule has 0 atom stereocenters. The van der Waals surface area contributed by atoms with E-state index >= 15 is 0 Å². The number of benzene rings is 1. The van der Waals surface area contributed by atoms with Gasteiger partial charge in [0.15, 0.2) is 0 Å². The summed E-state index contributed by atoms with van der Waals surface area (Å²) >= 11 is 1.64. The first-order valence-corrected chi connectivity index (χ1v) is 11.0. The van der Waals surface area contributed by atoms with Gasteiger partial charge in [0.2, 0.25) is 10.0 Å². The van der Waals surface area contributed by atoms with E-state index in [-0.39, 0.29) is 16.8 Å². The van der Waals surface area contributed by atoms with Crippen molar-refractivity contribution in [3.63, 3.8) is 0 Å². The first-order chi connectivity index (χ1) is 12.3. The Balaban J connectivity index is 1.80. The van der Waals surface area contributed by atoms with Gasteiger partial charge in [-0.2, -0.15) is 4.31 Å². The van der Waals surface area contributed by atoms with Gasteiger partial charge in [-0.3, -0.25) is 4.79 Å². The summed E-state index contributed by atoms with van der Waals surface area (Å²) < 4.78 is 26.4. The molecular formula is C19H24N2O3S2. The molecule has 0 bridgehead atoms. The Morgan fingerprint density at radius 3 is 2.35 bits per heavy atom. The molecule has 0 unspecified atom stereocenters. The van der Waals surface area contributed by atoms with Crippen LogP contribution in [0.25, 0.3) is 0 Å². The van der Waals surface area contributed by atoms with Crippen LogP contribution in [0, 0.1) is 0 Å². The second-order valence-electron chi connectivity index (χ2n) is 6.88. The van der Waals surface area contributed by atoms with Gasteiger partial charge in [0.25, 0.3) is 5.91 Å². The van der Waals surface area contributed by atoms with Crippen LogP contribution in [0.4, 0.5) is 0 Å². The van der Waals surface area contributed by atoms with E-state index in [1.54, 1.807) is 30.5 Å². The number of thiophene rings is 1. The number of rotatable bonds is 7. The highest BCUT2D eigenvalue weighted by Gasteiger charge is 2.33. The fourth-order valence-corrected chi connectivity index (χ4v) is 4.77. The number of amides is 1. The van der Waals surface area contributed by atoms with Gasteiger partial charge in [0.05, 0.1) is 11.4 Å². The molecular weight excluding hydrogens is 368 g/mol. The number of nitrogens with zero attached hydrogens (tertiary/aromatic N) is 2. The third-order valence-electron chi connectivity index (χ3n) is 4.66. The number of carbonyl (C=O) groups excluding carboxylic acids is 1. The van der Waals surface area contributed by atoms with Crippen molar-refractivity contribution in [2.24, 2.45) is 0 Å². The average Bonchev–Trinajstić information content (AvgIpc) is 3.34. The Morgan fingerprint density at radius 2 is 1.85 bits per heavy atom. The van der Waals surface area contributed by atoms with E-state index in [9.17, 15) is 13.2 Å². The van der Waals surface area contributed by atoms with E-state index in [4.69, 9.17) is 0 Å². The van der Waals surface area contributed by atoms with E-state index in [0.29, 0.717) is 18.2 Å². The normalized spacial score (nSPS) is 14.8. The van der Waals surface area contributed by atoms with E-state index in [0.717, 1.165) is 17.7 Å². The molecule has 1 saturated carbocycles. The molecule has 5 nitrogen and oxygen atoms in total. The molecule has 0 N–H and O–H groups in total. The van der Waals surface area contributed by atoms with Crippen LogP contribution < -0.4 is 0 Å². The van der Waals surface area contributed by atoms with E-state index in [1.807, 2.05) is 36.3 Å². The SMILES string of the molecule is CC(C)N(C)S(=O)(=O)c1ccc(C(=O)N(Cc2cccs2)C2CC2)cc1. The molecule has 140 valence electrons. The minimum Gasteiger partial charge on any atom is -0.331 e. The molecule has 1 aromatic heterocycles. The third kappa shape index (κ3) is 4.00. The Labute approximate surface area is 159 Å². The van der Waals surface area contributed by atoms with Crippen molar-refractivity contribution in [3.8, 4) is 0 Å². The van der Waals surface area contributed by atoms with Crippen molar-refractivity contribution in [2.45, 2.75) is 50.2 Å². The molecule has 2 aromatic rings. The minimum atomic E-state index is -3.54. The number of hydrogen-bond acceptors (Lipinski definition) is 4. The van der Waals surface area contributed by atoms with Gasteiger partial charge in [0, 0.05) is 29.6 Å². The fourth-order valence-electron chi connectivity index (χ4n) is 2.70. The highest BCUT2D eigenvalue weighted by molar-refractivity contribution is 7.89. The van der Waals surface area contributed by atoms with E-state index in [2.05, 4.69) is 0 Å². The van der Waals surface area contributed by atoms with Crippen LogP contribution in [-0.4, -0.2) is 42.7 Å². The predicted molar refractivity (Wildman–Crippen MR) is 104 cm³/mol. The van der Waals surface area contributed by atoms with Crippen molar-refractivity contribution in [1.82, 2.24) is 9.21 Å². The Morgan fingerprint density at radius 1 is 1.19 bits per heavy atom. The molecule has 3 rings (SSSR count). The summed E-state index contributed by atoms with van der Waals surface area (Å²) in [5, 5.41) is 2.01. The molecule has 0 aliphatic heterocycles. The summed E-state index contributed by atoms with van der Waals surface area (Å²) in [7, 11) is -1.97. The molecule has 1 aromatic carbocycles. The van der Waals surface area contributed by atoms with Crippen LogP contribution in [0.3, 0.4) is 0 Å². The molecule has 1 aliphatic carbocycles. The molecule has 7 heteroatoms. The van der Waals surface area contributed by atoms with Crippen molar-refractivity contribution in [3.05, 3.63) is 52.2 Å². The lowest BCUT2D eigenvalue weighted by atomic mass is 10.2. The summed E-state index contributed by atoms with van der Waals surface area (Å²) in [5.74, 6) is -0.0398. The fraction of sp³-hybridized carbons (Fsp3) is 0.421. The minimum absolute atomic E-state index is 0.0398. The smallest absolute Gasteiger partial charge is 0.254 e. The van der Waals surface area contributed by atoms with Gasteiger partial charge in [0.1, 0.15) is 0 Å². The zero-order valence-corrected chi connectivity index (χ0v) is 16.9. The summed E-state index contributed by atoms with van der Waals surface area (Å²) in [6, 6.07) is 10.5. The van der Waals surface area contributed by atoms with Gasteiger partial charge in [-0.15, -0.1) is 11.3 Å². The van der Waals surface area contributed by atoms with Gasteiger partial charge < -0.3 is 4.90 Å². The topological polar surface area (TPSA) is 57.7 Å². The van der Waals surface area contributed by atoms with Crippen LogP contribution in [0.15, 0.2) is 46.7 Å². The Bertz CT molecular complexity index is 855. The van der Waals surface area contributed by atoms with Crippen LogP contribution in [0.1, 0.15) is 41.9 Å². The lowest BCUT2D eigenvalue weighted by Gasteiger charge is -2.23. The van der Waals surface area contributed by atoms with Gasteiger partial charge in [-0.05, 0) is 62.4 Å². The molecule has 0 radical (unpaired) electrons. The molecule has 1 aliphatic rings. The molecule has 1 fully saturated rings. The predicted octanol–water partition coefficient (Wildman–Crippen LogP) is 3.58. The second-order valence-corrected chi connectivity index (χ2v) is 9.91. The van der Waals surface area contributed by atoms with Crippen LogP contribution in [0.2, 0.25) is 0 Å². The zero-order chi connectivity index (χ0) is 18.9. The average molecular weight is 393 g/mol. The Kier molecular flexibility index (Phi) is 5.50. The third-order valence-corrected chi connectivity index (χ3v) is 7.57. The second kappa shape index (κ2) is 7.50. The Hall–Kier alpha value is -1.70. The quantitative estimate of drug-likeness (QED) is 0.724. The van der Waals surface area contributed by atoms with E-state index < -0.39 is 10.0 Å². The maximum Gasteiger partial charge on any atom is 0.254 e. The molecule has 1 amide bonds.